The van der Waals surface area contributed by atoms with E-state index in [1.807, 2.05) is 0 Å². The first-order valence-electron chi connectivity index (χ1n) is 11.3. The monoisotopic (exact) mass is 535 g/mol. The predicted octanol–water partition coefficient (Wildman–Crippen LogP) is 2.70. The van der Waals surface area contributed by atoms with E-state index < -0.39 is 5.60 Å². The molecule has 2 aliphatic heterocycles. The van der Waals surface area contributed by atoms with Crippen molar-refractivity contribution in [2.24, 2.45) is 11.3 Å². The number of quaternary nitrogens is 1. The van der Waals surface area contributed by atoms with Crippen molar-refractivity contribution in [1.82, 2.24) is 0 Å². The van der Waals surface area contributed by atoms with Crippen LogP contribution < -0.4 is 17.0 Å². The van der Waals surface area contributed by atoms with Crippen LogP contribution in [-0.4, -0.2) is 35.8 Å². The Bertz CT molecular complexity index is 757. The second-order valence-electron chi connectivity index (χ2n) is 9.86. The number of nitrogens with zero attached hydrogens (tertiary/aromatic N) is 1. The fourth-order valence-electron chi connectivity index (χ4n) is 6.88. The van der Waals surface area contributed by atoms with E-state index in [0.717, 1.165) is 36.4 Å². The number of aliphatic hydroxyl groups is 1. The lowest BCUT2D eigenvalue weighted by atomic mass is 9.63. The van der Waals surface area contributed by atoms with Crippen molar-refractivity contribution in [2.75, 3.05) is 26.2 Å². The van der Waals surface area contributed by atoms with Gasteiger partial charge in [-0.25, -0.2) is 0 Å². The molecule has 30 heavy (non-hydrogen) atoms. The lowest BCUT2D eigenvalue weighted by Crippen LogP contribution is -3.00. The van der Waals surface area contributed by atoms with E-state index in [-0.39, 0.29) is 39.4 Å². The van der Waals surface area contributed by atoms with Crippen LogP contribution >= 0.6 is 17.0 Å². The minimum atomic E-state index is -0.890. The van der Waals surface area contributed by atoms with Crippen LogP contribution in [0, 0.1) is 11.3 Å². The van der Waals surface area contributed by atoms with Crippen molar-refractivity contribution in [3.05, 3.63) is 71.8 Å². The summed E-state index contributed by atoms with van der Waals surface area (Å²) in [6.07, 6.45) is 9.41. The third kappa shape index (κ3) is 3.94. The van der Waals surface area contributed by atoms with E-state index in [9.17, 15) is 5.11 Å². The van der Waals surface area contributed by atoms with Gasteiger partial charge in [0, 0.05) is 18.8 Å². The number of fused-ring (bicyclic) bond motifs is 2. The van der Waals surface area contributed by atoms with Crippen molar-refractivity contribution in [3.8, 4) is 0 Å². The highest BCUT2D eigenvalue weighted by atomic mass is 79.9. The molecule has 5 rings (SSSR count). The second-order valence-corrected chi connectivity index (χ2v) is 9.86. The molecule has 2 aromatic rings. The van der Waals surface area contributed by atoms with Gasteiger partial charge in [0.2, 0.25) is 0 Å². The molecule has 2 bridgehead atoms. The standard InChI is InChI=1S/C26H34NO.2BrH/c28-26(23-12-6-2-7-13-23,24-14-8-3-9-15-24)25-16-18-27(21-25,19-17-25)20-22-10-4-1-5-11-22;;/h2-3,6-9,12-15,22,28H,1,4-5,10-11,16-21H2;2*1H/q+1;;/p-1. The summed E-state index contributed by atoms with van der Waals surface area (Å²) in [5.41, 5.74) is 1.21. The number of benzene rings is 2. The summed E-state index contributed by atoms with van der Waals surface area (Å²) >= 11 is 0. The zero-order chi connectivity index (χ0) is 19.1. The Morgan fingerprint density at radius 1 is 0.833 bits per heavy atom. The molecule has 0 radical (unpaired) electrons. The fraction of sp³-hybridized carbons (Fsp3) is 0.538. The molecule has 0 unspecified atom stereocenters. The Morgan fingerprint density at radius 3 is 1.83 bits per heavy atom. The van der Waals surface area contributed by atoms with Crippen LogP contribution in [0.5, 0.6) is 0 Å². The van der Waals surface area contributed by atoms with Gasteiger partial charge in [-0.3, -0.25) is 0 Å². The summed E-state index contributed by atoms with van der Waals surface area (Å²) in [6.45, 7) is 4.99. The summed E-state index contributed by atoms with van der Waals surface area (Å²) in [6, 6.07) is 21.0. The average molecular weight is 537 g/mol. The van der Waals surface area contributed by atoms with Crippen LogP contribution in [0.25, 0.3) is 0 Å². The van der Waals surface area contributed by atoms with Gasteiger partial charge in [0.15, 0.2) is 0 Å². The number of halogens is 2. The molecule has 0 spiro atoms. The van der Waals surface area contributed by atoms with Crippen LogP contribution in [0.15, 0.2) is 60.7 Å². The van der Waals surface area contributed by atoms with Crippen LogP contribution in [0.3, 0.4) is 0 Å². The molecule has 0 amide bonds. The first-order chi connectivity index (χ1) is 13.7. The highest BCUT2D eigenvalue weighted by Gasteiger charge is 2.65. The summed E-state index contributed by atoms with van der Waals surface area (Å²) < 4.78 is 1.26. The topological polar surface area (TPSA) is 20.2 Å². The van der Waals surface area contributed by atoms with Gasteiger partial charge in [-0.2, -0.15) is 0 Å². The first kappa shape index (κ1) is 24.0. The van der Waals surface area contributed by atoms with Gasteiger partial charge in [0.05, 0.1) is 31.6 Å². The molecule has 2 heterocycles. The van der Waals surface area contributed by atoms with Crippen molar-refractivity contribution >= 4 is 17.0 Å². The van der Waals surface area contributed by atoms with Crippen LogP contribution in [0.2, 0.25) is 0 Å². The molecular formula is C26H35Br2NO. The van der Waals surface area contributed by atoms with E-state index in [4.69, 9.17) is 0 Å². The molecule has 0 atom stereocenters. The van der Waals surface area contributed by atoms with E-state index in [0.29, 0.717) is 0 Å². The summed E-state index contributed by atoms with van der Waals surface area (Å²) in [4.78, 5) is 0. The Kier molecular flexibility index (Phi) is 7.54. The molecule has 1 N–H and O–H groups in total. The van der Waals surface area contributed by atoms with Crippen LogP contribution in [0.4, 0.5) is 0 Å². The maximum Gasteiger partial charge on any atom is 0.126 e. The molecule has 1 saturated carbocycles. The van der Waals surface area contributed by atoms with Crippen LogP contribution in [-0.2, 0) is 5.60 Å². The summed E-state index contributed by atoms with van der Waals surface area (Å²) in [7, 11) is 0. The molecular weight excluding hydrogens is 502 g/mol. The molecule has 2 saturated heterocycles. The number of piperidine rings is 1. The normalized spacial score (nSPS) is 28.6. The number of hydrogen-bond donors (Lipinski definition) is 1. The predicted molar refractivity (Wildman–Crippen MR) is 124 cm³/mol. The molecule has 4 heteroatoms. The van der Waals surface area contributed by atoms with Gasteiger partial charge in [-0.15, -0.1) is 17.0 Å². The highest BCUT2D eigenvalue weighted by molar-refractivity contribution is 8.93. The smallest absolute Gasteiger partial charge is 0.126 e. The van der Waals surface area contributed by atoms with Crippen molar-refractivity contribution < 1.29 is 26.6 Å². The maximum absolute atomic E-state index is 12.4. The lowest BCUT2D eigenvalue weighted by molar-refractivity contribution is -0.913. The Morgan fingerprint density at radius 2 is 1.33 bits per heavy atom. The van der Waals surface area contributed by atoms with Crippen molar-refractivity contribution in [1.29, 1.82) is 0 Å². The first-order valence-corrected chi connectivity index (χ1v) is 11.3. The Labute approximate surface area is 202 Å². The third-order valence-electron chi connectivity index (χ3n) is 8.29. The zero-order valence-corrected chi connectivity index (χ0v) is 21.1. The second kappa shape index (κ2) is 9.44. The molecule has 2 aromatic carbocycles. The summed E-state index contributed by atoms with van der Waals surface area (Å²) in [5.74, 6) is 0.907. The fourth-order valence-corrected chi connectivity index (χ4v) is 6.88. The summed E-state index contributed by atoms with van der Waals surface area (Å²) in [5, 5.41) is 12.4. The maximum atomic E-state index is 12.4. The molecule has 3 aliphatic rings. The Hall–Kier alpha value is -0.680. The van der Waals surface area contributed by atoms with Crippen LogP contribution in [0.1, 0.15) is 56.1 Å². The minimum absolute atomic E-state index is 0. The van der Waals surface area contributed by atoms with Gasteiger partial charge in [0.1, 0.15) is 5.60 Å². The largest absolute Gasteiger partial charge is 1.00 e. The Balaban J connectivity index is 0.00000128. The SMILES string of the molecule is Br.OC(c1ccccc1)(c1ccccc1)C12CC[N+](CC3CCCCC3)(CC1)C2.[Br-]. The van der Waals surface area contributed by atoms with E-state index in [1.54, 1.807) is 0 Å². The highest BCUT2D eigenvalue weighted by Crippen LogP contribution is 2.58. The van der Waals surface area contributed by atoms with Crippen molar-refractivity contribution in [2.45, 2.75) is 50.5 Å². The van der Waals surface area contributed by atoms with Gasteiger partial charge in [-0.05, 0) is 24.0 Å². The quantitative estimate of drug-likeness (QED) is 0.582. The van der Waals surface area contributed by atoms with Gasteiger partial charge >= 0.3 is 0 Å². The average Bonchev–Trinajstić information content (AvgIpc) is 3.32. The minimum Gasteiger partial charge on any atom is -1.00 e. The third-order valence-corrected chi connectivity index (χ3v) is 8.29. The van der Waals surface area contributed by atoms with Crippen molar-refractivity contribution in [3.63, 3.8) is 0 Å². The molecule has 0 aromatic heterocycles. The number of hydrogen-bond acceptors (Lipinski definition) is 1. The van der Waals surface area contributed by atoms with E-state index in [2.05, 4.69) is 60.7 Å². The van der Waals surface area contributed by atoms with E-state index >= 15 is 0 Å². The lowest BCUT2D eigenvalue weighted by Gasteiger charge is -2.42. The van der Waals surface area contributed by atoms with Gasteiger partial charge < -0.3 is 26.6 Å². The molecule has 164 valence electrons. The van der Waals surface area contributed by atoms with Gasteiger partial charge in [-0.1, -0.05) is 79.9 Å². The molecule has 1 aliphatic carbocycles. The molecule has 3 fully saturated rings. The zero-order valence-electron chi connectivity index (χ0n) is 17.8. The van der Waals surface area contributed by atoms with Gasteiger partial charge in [0.25, 0.3) is 0 Å². The molecule has 2 nitrogen and oxygen atoms in total. The number of rotatable bonds is 5. The van der Waals surface area contributed by atoms with E-state index in [1.165, 1.54) is 56.2 Å².